The standard InChI is InChI=1S/C25H23ClN2O2/c26-20-11-9-17(10-12-20)19-6-3-13-27(16-19)14-15-28-24(29)21-7-1-4-18-5-2-8-22(23(18)21)25(28)30/h1-9,12-13,24,29H,10-11,14-16H2. The number of hydrogen-bond acceptors (Lipinski definition) is 3. The van der Waals surface area contributed by atoms with Gasteiger partial charge in [-0.3, -0.25) is 4.79 Å². The molecule has 4 nitrogen and oxygen atoms in total. The largest absolute Gasteiger partial charge is 0.371 e. The lowest BCUT2D eigenvalue weighted by Crippen LogP contribution is -2.42. The number of carbonyl (C=O) groups excluding carboxylic acids is 1. The minimum absolute atomic E-state index is 0.113. The van der Waals surface area contributed by atoms with Crippen LogP contribution in [-0.2, 0) is 0 Å². The van der Waals surface area contributed by atoms with E-state index < -0.39 is 6.23 Å². The highest BCUT2D eigenvalue weighted by Gasteiger charge is 2.32. The summed E-state index contributed by atoms with van der Waals surface area (Å²) in [5, 5.41) is 13.7. The SMILES string of the molecule is O=C1c2cccc3cccc(c23)C(O)N1CCN1C=CC=C(C2=CCC(Cl)=CC2)C1. The third kappa shape index (κ3) is 3.36. The maximum Gasteiger partial charge on any atom is 0.256 e. The minimum Gasteiger partial charge on any atom is -0.371 e. The molecule has 0 spiro atoms. The summed E-state index contributed by atoms with van der Waals surface area (Å²) in [7, 11) is 0. The molecule has 3 aliphatic rings. The Labute approximate surface area is 181 Å². The second kappa shape index (κ2) is 7.78. The van der Waals surface area contributed by atoms with Crippen molar-refractivity contribution in [3.05, 3.63) is 94.2 Å². The lowest BCUT2D eigenvalue weighted by atomic mass is 9.93. The molecule has 0 bridgehead atoms. The van der Waals surface area contributed by atoms with Crippen molar-refractivity contribution in [1.29, 1.82) is 0 Å². The summed E-state index contributed by atoms with van der Waals surface area (Å²) in [6.07, 6.45) is 11.2. The molecular formula is C25H23ClN2O2. The van der Waals surface area contributed by atoms with Crippen LogP contribution in [0.1, 0.15) is 35.0 Å². The third-order valence-electron chi connectivity index (χ3n) is 6.10. The van der Waals surface area contributed by atoms with Crippen LogP contribution < -0.4 is 0 Å². The highest BCUT2D eigenvalue weighted by Crippen LogP contribution is 2.35. The summed E-state index contributed by atoms with van der Waals surface area (Å²) in [6, 6.07) is 11.5. The molecule has 5 rings (SSSR count). The number of aliphatic hydroxyl groups excluding tert-OH is 1. The molecule has 0 saturated heterocycles. The van der Waals surface area contributed by atoms with Crippen molar-refractivity contribution in [2.75, 3.05) is 19.6 Å². The molecule has 5 heteroatoms. The number of benzene rings is 2. The van der Waals surface area contributed by atoms with Gasteiger partial charge < -0.3 is 14.9 Å². The fraction of sp³-hybridized carbons (Fsp3) is 0.240. The minimum atomic E-state index is -0.923. The van der Waals surface area contributed by atoms with Crippen molar-refractivity contribution in [3.63, 3.8) is 0 Å². The molecule has 1 amide bonds. The maximum absolute atomic E-state index is 13.1. The number of carbonyl (C=O) groups is 1. The number of amides is 1. The molecule has 2 aliphatic heterocycles. The van der Waals surface area contributed by atoms with E-state index >= 15 is 0 Å². The number of halogens is 1. The van der Waals surface area contributed by atoms with Gasteiger partial charge in [-0.25, -0.2) is 0 Å². The van der Waals surface area contributed by atoms with E-state index in [-0.39, 0.29) is 5.91 Å². The van der Waals surface area contributed by atoms with Crippen molar-refractivity contribution < 1.29 is 9.90 Å². The molecule has 1 aliphatic carbocycles. The fourth-order valence-electron chi connectivity index (χ4n) is 4.49. The first-order valence-corrected chi connectivity index (χ1v) is 10.7. The summed E-state index contributed by atoms with van der Waals surface area (Å²) in [5.74, 6) is -0.113. The number of nitrogens with zero attached hydrogens (tertiary/aromatic N) is 2. The highest BCUT2D eigenvalue weighted by atomic mass is 35.5. The van der Waals surface area contributed by atoms with E-state index in [0.717, 1.165) is 40.8 Å². The zero-order valence-corrected chi connectivity index (χ0v) is 17.3. The van der Waals surface area contributed by atoms with Crippen LogP contribution in [0, 0.1) is 0 Å². The lowest BCUT2D eigenvalue weighted by molar-refractivity contribution is 0.00287. The molecule has 0 saturated carbocycles. The Morgan fingerprint density at radius 2 is 1.87 bits per heavy atom. The van der Waals surface area contributed by atoms with Gasteiger partial charge in [0.15, 0.2) is 6.23 Å². The van der Waals surface area contributed by atoms with Crippen LogP contribution in [0.3, 0.4) is 0 Å². The Kier molecular flexibility index (Phi) is 4.97. The summed E-state index contributed by atoms with van der Waals surface area (Å²) in [6.45, 7) is 1.89. The summed E-state index contributed by atoms with van der Waals surface area (Å²) in [4.78, 5) is 16.9. The normalized spacial score (nSPS) is 20.9. The van der Waals surface area contributed by atoms with Gasteiger partial charge in [-0.05, 0) is 41.3 Å². The fourth-order valence-corrected chi connectivity index (χ4v) is 4.65. The number of aliphatic hydroxyl groups is 1. The van der Waals surface area contributed by atoms with Gasteiger partial charge in [0.2, 0.25) is 0 Å². The van der Waals surface area contributed by atoms with Gasteiger partial charge in [-0.15, -0.1) is 0 Å². The van der Waals surface area contributed by atoms with Crippen LogP contribution in [0.25, 0.3) is 10.8 Å². The molecule has 1 atom stereocenters. The monoisotopic (exact) mass is 418 g/mol. The Morgan fingerprint density at radius 1 is 1.03 bits per heavy atom. The van der Waals surface area contributed by atoms with E-state index in [4.69, 9.17) is 11.6 Å². The molecule has 2 aromatic carbocycles. The first-order chi connectivity index (χ1) is 14.6. The first kappa shape index (κ1) is 19.2. The van der Waals surface area contributed by atoms with Crippen LogP contribution in [0.2, 0.25) is 0 Å². The van der Waals surface area contributed by atoms with Crippen molar-refractivity contribution in [2.24, 2.45) is 0 Å². The summed E-state index contributed by atoms with van der Waals surface area (Å²) < 4.78 is 0. The van der Waals surface area contributed by atoms with Crippen LogP contribution >= 0.6 is 11.6 Å². The maximum atomic E-state index is 13.1. The average molecular weight is 419 g/mol. The Bertz CT molecular complexity index is 1140. The van der Waals surface area contributed by atoms with Gasteiger partial charge in [0.05, 0.1) is 0 Å². The second-order valence-electron chi connectivity index (χ2n) is 7.92. The van der Waals surface area contributed by atoms with E-state index in [2.05, 4.69) is 23.1 Å². The first-order valence-electron chi connectivity index (χ1n) is 10.3. The summed E-state index contributed by atoms with van der Waals surface area (Å²) in [5.41, 5.74) is 4.05. The smallest absolute Gasteiger partial charge is 0.256 e. The second-order valence-corrected chi connectivity index (χ2v) is 8.40. The van der Waals surface area contributed by atoms with Gasteiger partial charge >= 0.3 is 0 Å². The van der Waals surface area contributed by atoms with Gasteiger partial charge in [0.25, 0.3) is 5.91 Å². The average Bonchev–Trinajstić information content (AvgIpc) is 2.78. The van der Waals surface area contributed by atoms with Crippen LogP contribution in [0.15, 0.2) is 83.1 Å². The van der Waals surface area contributed by atoms with Crippen molar-refractivity contribution in [1.82, 2.24) is 9.80 Å². The zero-order chi connectivity index (χ0) is 20.7. The van der Waals surface area contributed by atoms with Crippen LogP contribution in [0.4, 0.5) is 0 Å². The Morgan fingerprint density at radius 3 is 2.67 bits per heavy atom. The molecule has 30 heavy (non-hydrogen) atoms. The van der Waals surface area contributed by atoms with Gasteiger partial charge in [0, 0.05) is 47.6 Å². The molecular weight excluding hydrogens is 396 g/mol. The predicted octanol–water partition coefficient (Wildman–Crippen LogP) is 4.89. The number of allylic oxidation sites excluding steroid dienone is 5. The zero-order valence-electron chi connectivity index (χ0n) is 16.6. The lowest BCUT2D eigenvalue weighted by Gasteiger charge is -2.35. The highest BCUT2D eigenvalue weighted by molar-refractivity contribution is 6.29. The quantitative estimate of drug-likeness (QED) is 0.769. The Balaban J connectivity index is 1.30. The molecule has 0 radical (unpaired) electrons. The van der Waals surface area contributed by atoms with Gasteiger partial charge in [-0.1, -0.05) is 60.2 Å². The van der Waals surface area contributed by atoms with E-state index in [0.29, 0.717) is 18.7 Å². The Hall–Kier alpha value is -2.82. The number of hydrogen-bond donors (Lipinski definition) is 1. The van der Waals surface area contributed by atoms with Crippen LogP contribution in [0.5, 0.6) is 0 Å². The molecule has 0 aromatic heterocycles. The van der Waals surface area contributed by atoms with E-state index in [1.807, 2.05) is 48.7 Å². The number of rotatable bonds is 4. The van der Waals surface area contributed by atoms with E-state index in [1.165, 1.54) is 11.1 Å². The van der Waals surface area contributed by atoms with Crippen molar-refractivity contribution in [2.45, 2.75) is 19.1 Å². The molecule has 0 fully saturated rings. The van der Waals surface area contributed by atoms with Gasteiger partial charge in [-0.2, -0.15) is 0 Å². The third-order valence-corrected chi connectivity index (χ3v) is 6.41. The molecule has 2 aromatic rings. The summed E-state index contributed by atoms with van der Waals surface area (Å²) >= 11 is 6.09. The van der Waals surface area contributed by atoms with Crippen molar-refractivity contribution >= 4 is 28.3 Å². The van der Waals surface area contributed by atoms with Crippen LogP contribution in [-0.4, -0.2) is 40.4 Å². The van der Waals surface area contributed by atoms with E-state index in [1.54, 1.807) is 4.90 Å². The molecule has 152 valence electrons. The topological polar surface area (TPSA) is 43.8 Å². The molecule has 1 N–H and O–H groups in total. The molecule has 1 unspecified atom stereocenters. The molecule has 2 heterocycles. The van der Waals surface area contributed by atoms with Gasteiger partial charge in [0.1, 0.15) is 0 Å². The van der Waals surface area contributed by atoms with E-state index in [9.17, 15) is 9.90 Å². The predicted molar refractivity (Wildman–Crippen MR) is 120 cm³/mol. The van der Waals surface area contributed by atoms with Crippen molar-refractivity contribution in [3.8, 4) is 0 Å².